The fraction of sp³-hybridized carbons (Fsp3) is 0.684. The molecule has 1 atom stereocenters. The highest BCUT2D eigenvalue weighted by Gasteiger charge is 2.20. The maximum Gasteiger partial charge on any atom is 0.104 e. The summed E-state index contributed by atoms with van der Waals surface area (Å²) in [6, 6.07) is 9.07. The van der Waals surface area contributed by atoms with Crippen molar-refractivity contribution in [2.75, 3.05) is 27.2 Å². The molecule has 0 saturated carbocycles. The van der Waals surface area contributed by atoms with Crippen molar-refractivity contribution < 1.29 is 9.59 Å². The number of hydrogen-bond donors (Lipinski definition) is 1. The zero-order chi connectivity index (χ0) is 16.1. The molecule has 0 bridgehead atoms. The van der Waals surface area contributed by atoms with Crippen molar-refractivity contribution in [1.29, 1.82) is 0 Å². The summed E-state index contributed by atoms with van der Waals surface area (Å²) < 4.78 is 0.828. The second-order valence-corrected chi connectivity index (χ2v) is 7.91. The monoisotopic (exact) mass is 292 g/mol. The van der Waals surface area contributed by atoms with Crippen LogP contribution in [0.3, 0.4) is 0 Å². The molecule has 1 rings (SSSR count). The van der Waals surface area contributed by atoms with Gasteiger partial charge in [-0.25, -0.2) is 0 Å². The molecule has 120 valence electrons. The van der Waals surface area contributed by atoms with Crippen LogP contribution in [-0.2, 0) is 6.54 Å². The van der Waals surface area contributed by atoms with Crippen LogP contribution in [0.15, 0.2) is 24.3 Å². The third-order valence-corrected chi connectivity index (χ3v) is 4.68. The van der Waals surface area contributed by atoms with E-state index in [2.05, 4.69) is 66.1 Å². The van der Waals surface area contributed by atoms with Crippen molar-refractivity contribution in [3.63, 3.8) is 0 Å². The molecule has 0 radical (unpaired) electrons. The van der Waals surface area contributed by atoms with Gasteiger partial charge in [-0.2, -0.15) is 0 Å². The first-order valence-corrected chi connectivity index (χ1v) is 8.21. The Hall–Kier alpha value is -0.860. The van der Waals surface area contributed by atoms with Crippen molar-refractivity contribution in [2.45, 2.75) is 53.0 Å². The highest BCUT2D eigenvalue weighted by molar-refractivity contribution is 5.24. The summed E-state index contributed by atoms with van der Waals surface area (Å²) >= 11 is 0. The first-order valence-electron chi connectivity index (χ1n) is 8.21. The van der Waals surface area contributed by atoms with E-state index in [0.29, 0.717) is 11.3 Å². The van der Waals surface area contributed by atoms with Crippen LogP contribution in [0.5, 0.6) is 0 Å². The van der Waals surface area contributed by atoms with Gasteiger partial charge in [-0.15, -0.1) is 0 Å². The summed E-state index contributed by atoms with van der Waals surface area (Å²) in [7, 11) is 4.33. The Kier molecular flexibility index (Phi) is 6.42. The molecule has 1 aromatic rings. The SMILES string of the molecule is CCC(C)(C)CC(C)c1ccc(C[N+](C)(C)CCO)cc1. The predicted molar refractivity (Wildman–Crippen MR) is 91.3 cm³/mol. The van der Waals surface area contributed by atoms with Crippen molar-refractivity contribution in [2.24, 2.45) is 5.41 Å². The molecule has 0 aliphatic rings. The molecule has 0 aliphatic heterocycles. The predicted octanol–water partition coefficient (Wildman–Crippen LogP) is 4.19. The molecule has 1 aromatic carbocycles. The molecule has 0 fully saturated rings. The number of aliphatic hydroxyl groups excluding tert-OH is 1. The largest absolute Gasteiger partial charge is 0.391 e. The molecule has 2 nitrogen and oxygen atoms in total. The number of hydrogen-bond acceptors (Lipinski definition) is 1. The van der Waals surface area contributed by atoms with Crippen LogP contribution < -0.4 is 0 Å². The van der Waals surface area contributed by atoms with Crippen LogP contribution in [0.2, 0.25) is 0 Å². The summed E-state index contributed by atoms with van der Waals surface area (Å²) in [4.78, 5) is 0. The molecule has 1 unspecified atom stereocenters. The van der Waals surface area contributed by atoms with Gasteiger partial charge in [0.1, 0.15) is 13.1 Å². The number of benzene rings is 1. The first-order chi connectivity index (χ1) is 9.69. The van der Waals surface area contributed by atoms with E-state index in [1.165, 1.54) is 24.0 Å². The number of aliphatic hydroxyl groups is 1. The fourth-order valence-corrected chi connectivity index (χ4v) is 2.89. The van der Waals surface area contributed by atoms with Gasteiger partial charge in [-0.05, 0) is 23.3 Å². The van der Waals surface area contributed by atoms with Crippen LogP contribution in [0.1, 0.15) is 57.6 Å². The fourth-order valence-electron chi connectivity index (χ4n) is 2.89. The summed E-state index contributed by atoms with van der Waals surface area (Å²) in [5, 5.41) is 9.11. The Bertz CT molecular complexity index is 420. The molecular formula is C19H34NO+. The molecule has 0 heterocycles. The second-order valence-electron chi connectivity index (χ2n) is 7.91. The van der Waals surface area contributed by atoms with Gasteiger partial charge in [0.2, 0.25) is 0 Å². The van der Waals surface area contributed by atoms with Gasteiger partial charge in [-0.1, -0.05) is 58.4 Å². The standard InChI is InChI=1S/C19H34NO/c1-7-19(3,4)14-16(2)18-10-8-17(9-11-18)15-20(5,6)12-13-21/h8-11,16,21H,7,12-15H2,1-6H3/q+1. The maximum absolute atomic E-state index is 9.11. The number of nitrogens with zero attached hydrogens (tertiary/aromatic N) is 1. The highest BCUT2D eigenvalue weighted by atomic mass is 16.3. The Labute approximate surface area is 131 Å². The quantitative estimate of drug-likeness (QED) is 0.713. The van der Waals surface area contributed by atoms with Gasteiger partial charge >= 0.3 is 0 Å². The third-order valence-electron chi connectivity index (χ3n) is 4.68. The Balaban J connectivity index is 2.70. The summed E-state index contributed by atoms with van der Waals surface area (Å²) in [5.41, 5.74) is 3.20. The average molecular weight is 292 g/mol. The molecule has 0 saturated heterocycles. The number of likely N-dealkylation sites (N-methyl/N-ethyl adjacent to an activating group) is 1. The normalized spacial score (nSPS) is 14.2. The average Bonchev–Trinajstić information content (AvgIpc) is 2.38. The van der Waals surface area contributed by atoms with Crippen molar-refractivity contribution in [1.82, 2.24) is 0 Å². The van der Waals surface area contributed by atoms with Crippen molar-refractivity contribution in [3.8, 4) is 0 Å². The van der Waals surface area contributed by atoms with Crippen LogP contribution in [0, 0.1) is 5.41 Å². The van der Waals surface area contributed by atoms with Crippen LogP contribution in [-0.4, -0.2) is 36.8 Å². The lowest BCUT2D eigenvalue weighted by Gasteiger charge is -2.29. The Morgan fingerprint density at radius 1 is 1.14 bits per heavy atom. The van der Waals surface area contributed by atoms with Crippen LogP contribution >= 0.6 is 0 Å². The summed E-state index contributed by atoms with van der Waals surface area (Å²) in [6.45, 7) is 11.3. The summed E-state index contributed by atoms with van der Waals surface area (Å²) in [5.74, 6) is 0.606. The highest BCUT2D eigenvalue weighted by Crippen LogP contribution is 2.33. The van der Waals surface area contributed by atoms with Crippen molar-refractivity contribution in [3.05, 3.63) is 35.4 Å². The molecule has 2 heteroatoms. The van der Waals surface area contributed by atoms with Gasteiger partial charge in [0, 0.05) is 5.56 Å². The zero-order valence-corrected chi connectivity index (χ0v) is 14.8. The topological polar surface area (TPSA) is 20.2 Å². The van der Waals surface area contributed by atoms with Gasteiger partial charge in [0.05, 0.1) is 20.7 Å². The van der Waals surface area contributed by atoms with E-state index >= 15 is 0 Å². The molecule has 0 aromatic heterocycles. The molecule has 1 N–H and O–H groups in total. The molecule has 21 heavy (non-hydrogen) atoms. The van der Waals surface area contributed by atoms with Gasteiger partial charge < -0.3 is 9.59 Å². The lowest BCUT2D eigenvalue weighted by molar-refractivity contribution is -0.903. The Morgan fingerprint density at radius 3 is 2.19 bits per heavy atom. The zero-order valence-electron chi connectivity index (χ0n) is 14.8. The van der Waals surface area contributed by atoms with Gasteiger partial charge in [-0.3, -0.25) is 0 Å². The molecule has 0 spiro atoms. The Morgan fingerprint density at radius 2 is 1.71 bits per heavy atom. The minimum atomic E-state index is 0.244. The second kappa shape index (κ2) is 7.42. The minimum Gasteiger partial charge on any atom is -0.391 e. The van der Waals surface area contributed by atoms with E-state index in [9.17, 15) is 0 Å². The molecular weight excluding hydrogens is 258 g/mol. The third kappa shape index (κ3) is 6.19. The molecule has 0 aliphatic carbocycles. The molecule has 0 amide bonds. The number of rotatable bonds is 8. The van der Waals surface area contributed by atoms with Crippen LogP contribution in [0.25, 0.3) is 0 Å². The van der Waals surface area contributed by atoms with Crippen LogP contribution in [0.4, 0.5) is 0 Å². The maximum atomic E-state index is 9.11. The van der Waals surface area contributed by atoms with Gasteiger partial charge in [0.15, 0.2) is 0 Å². The van der Waals surface area contributed by atoms with E-state index in [4.69, 9.17) is 5.11 Å². The van der Waals surface area contributed by atoms with E-state index in [1.54, 1.807) is 0 Å². The van der Waals surface area contributed by atoms with E-state index in [1.807, 2.05) is 0 Å². The van der Waals surface area contributed by atoms with Gasteiger partial charge in [0.25, 0.3) is 0 Å². The smallest absolute Gasteiger partial charge is 0.104 e. The van der Waals surface area contributed by atoms with E-state index < -0.39 is 0 Å². The lowest BCUT2D eigenvalue weighted by Crippen LogP contribution is -2.41. The minimum absolute atomic E-state index is 0.244. The van der Waals surface area contributed by atoms with E-state index in [0.717, 1.165) is 17.6 Å². The van der Waals surface area contributed by atoms with Crippen molar-refractivity contribution >= 4 is 0 Å². The van der Waals surface area contributed by atoms with E-state index in [-0.39, 0.29) is 6.61 Å². The number of quaternary nitrogens is 1. The summed E-state index contributed by atoms with van der Waals surface area (Å²) in [6.07, 6.45) is 2.46. The lowest BCUT2D eigenvalue weighted by atomic mass is 9.79. The first kappa shape index (κ1) is 18.2.